The van der Waals surface area contributed by atoms with Crippen LogP contribution in [-0.2, 0) is 20.8 Å². The molecule has 1 unspecified atom stereocenters. The first-order valence-electron chi connectivity index (χ1n) is 6.77. The number of imide groups is 1. The van der Waals surface area contributed by atoms with Crippen molar-refractivity contribution < 1.29 is 18.8 Å². The van der Waals surface area contributed by atoms with E-state index in [1.165, 1.54) is 18.5 Å². The van der Waals surface area contributed by atoms with E-state index in [4.69, 9.17) is 0 Å². The summed E-state index contributed by atoms with van der Waals surface area (Å²) in [6, 6.07) is 1.80. The maximum Gasteiger partial charge on any atom is 0.249 e. The molecule has 114 valence electrons. The summed E-state index contributed by atoms with van der Waals surface area (Å²) in [4.78, 5) is 41.5. The van der Waals surface area contributed by atoms with Crippen LogP contribution in [0, 0.1) is 5.82 Å². The van der Waals surface area contributed by atoms with Crippen molar-refractivity contribution in [3.8, 4) is 0 Å². The van der Waals surface area contributed by atoms with Crippen LogP contribution in [0.25, 0.3) is 11.0 Å². The second-order valence-corrected chi connectivity index (χ2v) is 5.11. The molecule has 8 heteroatoms. The molecule has 0 bridgehead atoms. The highest BCUT2D eigenvalue weighted by molar-refractivity contribution is 6.01. The van der Waals surface area contributed by atoms with E-state index in [1.54, 1.807) is 0 Å². The number of amides is 3. The first-order valence-corrected chi connectivity index (χ1v) is 6.77. The number of aromatic nitrogens is 2. The van der Waals surface area contributed by atoms with Crippen molar-refractivity contribution in [2.45, 2.75) is 25.3 Å². The molecule has 0 saturated carbocycles. The van der Waals surface area contributed by atoms with Gasteiger partial charge in [-0.05, 0) is 24.1 Å². The fraction of sp³-hybridized carbons (Fsp3) is 0.286. The van der Waals surface area contributed by atoms with Gasteiger partial charge >= 0.3 is 0 Å². The molecule has 1 saturated heterocycles. The molecule has 7 nitrogen and oxygen atoms in total. The summed E-state index contributed by atoms with van der Waals surface area (Å²) in [6.45, 7) is 0. The molecule has 2 heterocycles. The number of hydrogen-bond acceptors (Lipinski definition) is 4. The number of nitrogens with one attached hydrogen (secondary N) is 3. The summed E-state index contributed by atoms with van der Waals surface area (Å²) in [5.41, 5.74) is 1.45. The number of carbonyl (C=O) groups excluding carboxylic acids is 3. The van der Waals surface area contributed by atoms with E-state index in [1.807, 2.05) is 0 Å². The molecule has 3 N–H and O–H groups in total. The van der Waals surface area contributed by atoms with Crippen molar-refractivity contribution in [1.82, 2.24) is 20.6 Å². The second-order valence-electron chi connectivity index (χ2n) is 5.11. The minimum Gasteiger partial charge on any atom is -0.345 e. The number of H-pyrrole nitrogens is 1. The van der Waals surface area contributed by atoms with E-state index in [2.05, 4.69) is 20.6 Å². The SMILES string of the molecule is O=C1CCC(NC(=O)Cc2cc(F)cc3[nH]cnc23)C(=O)N1. The molecule has 1 aliphatic rings. The number of hydrogen-bond donors (Lipinski definition) is 3. The number of halogens is 1. The van der Waals surface area contributed by atoms with Crippen molar-refractivity contribution in [2.75, 3.05) is 0 Å². The Morgan fingerprint density at radius 3 is 3.00 bits per heavy atom. The van der Waals surface area contributed by atoms with Gasteiger partial charge in [0.05, 0.1) is 23.8 Å². The minimum atomic E-state index is -0.742. The molecule has 0 aliphatic carbocycles. The van der Waals surface area contributed by atoms with Crippen LogP contribution in [0.15, 0.2) is 18.5 Å². The summed E-state index contributed by atoms with van der Waals surface area (Å²) < 4.78 is 13.5. The molecule has 1 fully saturated rings. The number of imidazole rings is 1. The van der Waals surface area contributed by atoms with E-state index < -0.39 is 23.7 Å². The topological polar surface area (TPSA) is 104 Å². The van der Waals surface area contributed by atoms with Crippen LogP contribution in [0.5, 0.6) is 0 Å². The van der Waals surface area contributed by atoms with Gasteiger partial charge in [0.15, 0.2) is 0 Å². The Bertz CT molecular complexity index is 771. The lowest BCUT2D eigenvalue weighted by Crippen LogP contribution is -2.52. The van der Waals surface area contributed by atoms with Gasteiger partial charge in [-0.3, -0.25) is 19.7 Å². The monoisotopic (exact) mass is 304 g/mol. The minimum absolute atomic E-state index is 0.100. The summed E-state index contributed by atoms with van der Waals surface area (Å²) in [7, 11) is 0. The third-order valence-electron chi connectivity index (χ3n) is 3.49. The van der Waals surface area contributed by atoms with E-state index in [9.17, 15) is 18.8 Å². The fourth-order valence-corrected chi connectivity index (χ4v) is 2.47. The Kier molecular flexibility index (Phi) is 3.58. The van der Waals surface area contributed by atoms with E-state index >= 15 is 0 Å². The lowest BCUT2D eigenvalue weighted by atomic mass is 10.0. The molecule has 2 aromatic rings. The molecule has 0 spiro atoms. The molecule has 1 aromatic carbocycles. The smallest absolute Gasteiger partial charge is 0.249 e. The molecule has 1 atom stereocenters. The number of carbonyl (C=O) groups is 3. The van der Waals surface area contributed by atoms with Crippen LogP contribution < -0.4 is 10.6 Å². The van der Waals surface area contributed by atoms with Crippen molar-refractivity contribution in [3.63, 3.8) is 0 Å². The molecule has 1 aliphatic heterocycles. The predicted octanol–water partition coefficient (Wildman–Crippen LogP) is 0.166. The molecular weight excluding hydrogens is 291 g/mol. The van der Waals surface area contributed by atoms with Crippen molar-refractivity contribution in [1.29, 1.82) is 0 Å². The number of piperidine rings is 1. The quantitative estimate of drug-likeness (QED) is 0.703. The number of benzene rings is 1. The van der Waals surface area contributed by atoms with Gasteiger partial charge in [-0.2, -0.15) is 0 Å². The van der Waals surface area contributed by atoms with Crippen molar-refractivity contribution >= 4 is 28.8 Å². The zero-order chi connectivity index (χ0) is 15.7. The third-order valence-corrected chi connectivity index (χ3v) is 3.49. The van der Waals surface area contributed by atoms with Crippen LogP contribution in [0.3, 0.4) is 0 Å². The molecule has 3 amide bonds. The van der Waals surface area contributed by atoms with Crippen molar-refractivity contribution in [3.05, 3.63) is 29.8 Å². The van der Waals surface area contributed by atoms with Gasteiger partial charge < -0.3 is 10.3 Å². The third kappa shape index (κ3) is 2.80. The highest BCUT2D eigenvalue weighted by Gasteiger charge is 2.27. The fourth-order valence-electron chi connectivity index (χ4n) is 2.47. The van der Waals surface area contributed by atoms with Crippen LogP contribution in [0.1, 0.15) is 18.4 Å². The van der Waals surface area contributed by atoms with Gasteiger partial charge in [-0.15, -0.1) is 0 Å². The van der Waals surface area contributed by atoms with Crippen LogP contribution in [0.2, 0.25) is 0 Å². The highest BCUT2D eigenvalue weighted by atomic mass is 19.1. The molecule has 3 rings (SSSR count). The predicted molar refractivity (Wildman–Crippen MR) is 74.1 cm³/mol. The normalized spacial score (nSPS) is 18.3. The summed E-state index contributed by atoms with van der Waals surface area (Å²) in [6.07, 6.45) is 1.76. The van der Waals surface area contributed by atoms with Gasteiger partial charge in [0.2, 0.25) is 17.7 Å². The van der Waals surface area contributed by atoms with E-state index in [-0.39, 0.29) is 25.2 Å². The van der Waals surface area contributed by atoms with Gasteiger partial charge in [-0.1, -0.05) is 0 Å². The van der Waals surface area contributed by atoms with Gasteiger partial charge in [0.1, 0.15) is 11.9 Å². The highest BCUT2D eigenvalue weighted by Crippen LogP contribution is 2.18. The largest absolute Gasteiger partial charge is 0.345 e. The Balaban J connectivity index is 1.72. The number of fused-ring (bicyclic) bond motifs is 1. The zero-order valence-corrected chi connectivity index (χ0v) is 11.5. The summed E-state index contributed by atoms with van der Waals surface area (Å²) in [5, 5.41) is 4.71. The van der Waals surface area contributed by atoms with E-state index in [0.717, 1.165) is 0 Å². The molecule has 1 aromatic heterocycles. The Labute approximate surface area is 124 Å². The summed E-state index contributed by atoms with van der Waals surface area (Å²) >= 11 is 0. The van der Waals surface area contributed by atoms with Gasteiger partial charge in [-0.25, -0.2) is 9.37 Å². The number of nitrogens with zero attached hydrogens (tertiary/aromatic N) is 1. The molecule has 22 heavy (non-hydrogen) atoms. The first kappa shape index (κ1) is 14.2. The lowest BCUT2D eigenvalue weighted by molar-refractivity contribution is -0.137. The standard InChI is InChI=1S/C14H13FN4O3/c15-8-3-7(13-10(5-8)16-6-17-13)4-12(21)18-9-1-2-11(20)19-14(9)22/h3,5-6,9H,1-2,4H2,(H,16,17)(H,18,21)(H,19,20,22). The zero-order valence-electron chi connectivity index (χ0n) is 11.5. The number of rotatable bonds is 3. The Morgan fingerprint density at radius 1 is 1.41 bits per heavy atom. The van der Waals surface area contributed by atoms with Crippen LogP contribution in [0.4, 0.5) is 4.39 Å². The maximum absolute atomic E-state index is 13.5. The maximum atomic E-state index is 13.5. The Hall–Kier alpha value is -2.77. The molecular formula is C14H13FN4O3. The average molecular weight is 304 g/mol. The van der Waals surface area contributed by atoms with Crippen molar-refractivity contribution in [2.24, 2.45) is 0 Å². The van der Waals surface area contributed by atoms with Crippen LogP contribution in [-0.4, -0.2) is 33.7 Å². The average Bonchev–Trinajstić information content (AvgIpc) is 2.90. The lowest BCUT2D eigenvalue weighted by Gasteiger charge is -2.21. The first-order chi connectivity index (χ1) is 10.5. The molecule has 0 radical (unpaired) electrons. The van der Waals surface area contributed by atoms with Gasteiger partial charge in [0, 0.05) is 6.42 Å². The Morgan fingerprint density at radius 2 is 2.23 bits per heavy atom. The van der Waals surface area contributed by atoms with Gasteiger partial charge in [0.25, 0.3) is 0 Å². The second kappa shape index (κ2) is 5.55. The van der Waals surface area contributed by atoms with Crippen LogP contribution >= 0.6 is 0 Å². The number of aromatic amines is 1. The van der Waals surface area contributed by atoms with E-state index in [0.29, 0.717) is 16.6 Å². The summed E-state index contributed by atoms with van der Waals surface area (Å²) in [5.74, 6) is -1.77.